The average Bonchev–Trinajstić information content (AvgIpc) is 2.57. The van der Waals surface area contributed by atoms with Crippen LogP contribution in [0.3, 0.4) is 0 Å². The molecule has 0 aliphatic rings. The quantitative estimate of drug-likeness (QED) is 0.254. The molecule has 0 aliphatic carbocycles. The maximum absolute atomic E-state index is 11.4. The minimum absolute atomic E-state index is 0.0610. The smallest absolute Gasteiger partial charge is 0.266 e. The zero-order valence-corrected chi connectivity index (χ0v) is 15.1. The fourth-order valence-corrected chi connectivity index (χ4v) is 2.23. The topological polar surface area (TPSA) is 129 Å². The van der Waals surface area contributed by atoms with Gasteiger partial charge in [-0.15, -0.1) is 0 Å². The number of hydrogen-bond donors (Lipinski definition) is 4. The molecular formula is C17H22ClN5O2. The lowest BCUT2D eigenvalue weighted by molar-refractivity contribution is -0.114. The third kappa shape index (κ3) is 5.29. The van der Waals surface area contributed by atoms with Gasteiger partial charge in [-0.25, -0.2) is 0 Å². The number of nitrogens with one attached hydrogen (secondary N) is 1. The summed E-state index contributed by atoms with van der Waals surface area (Å²) >= 11 is 5.71. The number of aliphatic imine (C=N–C) groups is 1. The standard InChI is InChI=1S/C17H22ClN5O2/c1-4-10(9-22-2)11-6-5-7-12(16(11)25-3)23-13(8-14(18)19)15(20)17(21)24/h4-9,23H,19-20H2,1-3H3,(H2,21,24)/b10-4+,14-8?,15-13+,22-9?. The number of para-hydroxylation sites is 1. The maximum atomic E-state index is 11.4. The lowest BCUT2D eigenvalue weighted by atomic mass is 10.0. The Bertz CT molecular complexity index is 762. The van der Waals surface area contributed by atoms with Gasteiger partial charge in [0.1, 0.15) is 16.6 Å². The number of methoxy groups -OCH3 is 1. The van der Waals surface area contributed by atoms with E-state index in [2.05, 4.69) is 10.3 Å². The molecule has 7 nitrogen and oxygen atoms in total. The number of hydrogen-bond acceptors (Lipinski definition) is 6. The molecule has 0 atom stereocenters. The summed E-state index contributed by atoms with van der Waals surface area (Å²) < 4.78 is 5.52. The van der Waals surface area contributed by atoms with Gasteiger partial charge in [0, 0.05) is 18.8 Å². The number of carbonyl (C=O) groups is 1. The summed E-state index contributed by atoms with van der Waals surface area (Å²) in [7, 11) is 3.22. The predicted molar refractivity (Wildman–Crippen MR) is 103 cm³/mol. The van der Waals surface area contributed by atoms with Gasteiger partial charge in [0.05, 0.1) is 18.5 Å². The van der Waals surface area contributed by atoms with Gasteiger partial charge in [0.15, 0.2) is 0 Å². The van der Waals surface area contributed by atoms with Gasteiger partial charge >= 0.3 is 0 Å². The summed E-state index contributed by atoms with van der Waals surface area (Å²) in [6, 6.07) is 5.46. The van der Waals surface area contributed by atoms with Crippen molar-refractivity contribution in [2.45, 2.75) is 6.92 Å². The van der Waals surface area contributed by atoms with E-state index in [9.17, 15) is 4.79 Å². The summed E-state index contributed by atoms with van der Waals surface area (Å²) in [6.45, 7) is 1.89. The number of nitrogens with zero attached hydrogens (tertiary/aromatic N) is 1. The Hall–Kier alpha value is -2.93. The van der Waals surface area contributed by atoms with Crippen molar-refractivity contribution in [3.8, 4) is 5.75 Å². The highest BCUT2D eigenvalue weighted by molar-refractivity contribution is 6.29. The van der Waals surface area contributed by atoms with Gasteiger partial charge in [-0.2, -0.15) is 0 Å². The molecule has 25 heavy (non-hydrogen) atoms. The Balaban J connectivity index is 3.50. The van der Waals surface area contributed by atoms with Crippen molar-refractivity contribution in [2.24, 2.45) is 22.2 Å². The third-order valence-corrected chi connectivity index (χ3v) is 3.33. The van der Waals surface area contributed by atoms with Crippen molar-refractivity contribution >= 4 is 35.0 Å². The van der Waals surface area contributed by atoms with E-state index in [1.807, 2.05) is 25.1 Å². The van der Waals surface area contributed by atoms with Crippen LogP contribution in [0.5, 0.6) is 5.75 Å². The SMILES string of the molecule is C/C=C(\C=NC)c1cccc(N/C(C=C(N)Cl)=C(/N)C(N)=O)c1OC. The van der Waals surface area contributed by atoms with Crippen LogP contribution in [0.4, 0.5) is 5.69 Å². The van der Waals surface area contributed by atoms with Crippen LogP contribution in [0.2, 0.25) is 0 Å². The highest BCUT2D eigenvalue weighted by Crippen LogP contribution is 2.34. The number of primary amides is 1. The second-order valence-corrected chi connectivity index (χ2v) is 5.30. The predicted octanol–water partition coefficient (Wildman–Crippen LogP) is 1.91. The van der Waals surface area contributed by atoms with E-state index in [0.717, 1.165) is 11.1 Å². The number of ether oxygens (including phenoxy) is 1. The molecule has 0 heterocycles. The molecule has 0 aromatic heterocycles. The number of nitrogens with two attached hydrogens (primary N) is 3. The summed E-state index contributed by atoms with van der Waals surface area (Å²) in [5, 5.41) is 2.93. The summed E-state index contributed by atoms with van der Waals surface area (Å²) in [5.41, 5.74) is 18.6. The Labute approximate surface area is 151 Å². The van der Waals surface area contributed by atoms with Crippen LogP contribution in [0.15, 0.2) is 51.9 Å². The fraction of sp³-hybridized carbons (Fsp3) is 0.176. The van der Waals surface area contributed by atoms with Gasteiger partial charge < -0.3 is 27.3 Å². The van der Waals surface area contributed by atoms with E-state index in [1.54, 1.807) is 19.3 Å². The fourth-order valence-electron chi connectivity index (χ4n) is 2.12. The second-order valence-electron chi connectivity index (χ2n) is 4.86. The minimum Gasteiger partial charge on any atom is -0.494 e. The second kappa shape index (κ2) is 9.39. The van der Waals surface area contributed by atoms with Crippen LogP contribution in [0.1, 0.15) is 12.5 Å². The molecule has 1 amide bonds. The molecule has 1 aromatic carbocycles. The Morgan fingerprint density at radius 2 is 2.00 bits per heavy atom. The van der Waals surface area contributed by atoms with Crippen molar-refractivity contribution in [1.29, 1.82) is 0 Å². The van der Waals surface area contributed by atoms with Crippen molar-refractivity contribution < 1.29 is 9.53 Å². The van der Waals surface area contributed by atoms with Gasteiger partial charge in [-0.3, -0.25) is 9.79 Å². The molecule has 134 valence electrons. The summed E-state index contributed by atoms with van der Waals surface area (Å²) in [6.07, 6.45) is 4.92. The lowest BCUT2D eigenvalue weighted by Crippen LogP contribution is -2.24. The first-order valence-corrected chi connectivity index (χ1v) is 7.68. The Morgan fingerprint density at radius 1 is 1.32 bits per heavy atom. The van der Waals surface area contributed by atoms with Crippen LogP contribution in [-0.2, 0) is 4.79 Å². The minimum atomic E-state index is -0.806. The maximum Gasteiger partial charge on any atom is 0.266 e. The molecule has 7 N–H and O–H groups in total. The largest absolute Gasteiger partial charge is 0.494 e. The molecule has 0 bridgehead atoms. The molecule has 8 heteroatoms. The van der Waals surface area contributed by atoms with E-state index in [4.69, 9.17) is 33.5 Å². The van der Waals surface area contributed by atoms with Crippen molar-refractivity contribution in [3.63, 3.8) is 0 Å². The number of benzene rings is 1. The monoisotopic (exact) mass is 363 g/mol. The molecule has 1 aromatic rings. The molecule has 0 fully saturated rings. The first kappa shape index (κ1) is 20.1. The van der Waals surface area contributed by atoms with E-state index >= 15 is 0 Å². The number of amides is 1. The van der Waals surface area contributed by atoms with E-state index < -0.39 is 5.91 Å². The highest BCUT2D eigenvalue weighted by atomic mass is 35.5. The molecule has 0 unspecified atom stereocenters. The number of allylic oxidation sites excluding steroid dienone is 3. The molecule has 0 radical (unpaired) electrons. The van der Waals surface area contributed by atoms with Crippen LogP contribution in [-0.4, -0.2) is 26.3 Å². The number of carbonyl (C=O) groups excluding carboxylic acids is 1. The first-order valence-electron chi connectivity index (χ1n) is 7.30. The van der Waals surface area contributed by atoms with Crippen LogP contribution in [0, 0.1) is 0 Å². The van der Waals surface area contributed by atoms with Gasteiger partial charge in [-0.1, -0.05) is 29.8 Å². The van der Waals surface area contributed by atoms with Gasteiger partial charge in [0.2, 0.25) is 0 Å². The van der Waals surface area contributed by atoms with Gasteiger partial charge in [0.25, 0.3) is 5.91 Å². The number of anilines is 1. The molecular weight excluding hydrogens is 342 g/mol. The van der Waals surface area contributed by atoms with Crippen molar-refractivity contribution in [2.75, 3.05) is 19.5 Å². The summed E-state index contributed by atoms with van der Waals surface area (Å²) in [4.78, 5) is 15.4. The van der Waals surface area contributed by atoms with Crippen LogP contribution >= 0.6 is 11.6 Å². The lowest BCUT2D eigenvalue weighted by Gasteiger charge is -2.17. The Morgan fingerprint density at radius 3 is 2.48 bits per heavy atom. The molecule has 0 spiro atoms. The van der Waals surface area contributed by atoms with Crippen molar-refractivity contribution in [1.82, 2.24) is 0 Å². The zero-order valence-electron chi connectivity index (χ0n) is 14.3. The first-order chi connectivity index (χ1) is 11.8. The molecule has 0 saturated heterocycles. The van der Waals surface area contributed by atoms with E-state index in [0.29, 0.717) is 11.4 Å². The van der Waals surface area contributed by atoms with Crippen LogP contribution in [0.25, 0.3) is 5.57 Å². The van der Waals surface area contributed by atoms with Crippen molar-refractivity contribution in [3.05, 3.63) is 52.5 Å². The Kier molecular flexibility index (Phi) is 7.55. The number of rotatable bonds is 7. The van der Waals surface area contributed by atoms with E-state index in [1.165, 1.54) is 13.2 Å². The van der Waals surface area contributed by atoms with Crippen LogP contribution < -0.4 is 27.3 Å². The molecule has 1 rings (SSSR count). The normalized spacial score (nSPS) is 13.6. The third-order valence-electron chi connectivity index (χ3n) is 3.22. The number of halogens is 1. The highest BCUT2D eigenvalue weighted by Gasteiger charge is 2.14. The van der Waals surface area contributed by atoms with Gasteiger partial charge in [-0.05, 0) is 24.6 Å². The average molecular weight is 364 g/mol. The zero-order chi connectivity index (χ0) is 19.0. The van der Waals surface area contributed by atoms with E-state index in [-0.39, 0.29) is 16.6 Å². The molecule has 0 aliphatic heterocycles. The summed E-state index contributed by atoms with van der Waals surface area (Å²) in [5.74, 6) is -0.272. The molecule has 0 saturated carbocycles.